The maximum Gasteiger partial charge on any atom is 0.237 e. The first kappa shape index (κ1) is 15.4. The molecule has 0 aromatic carbocycles. The van der Waals surface area contributed by atoms with Gasteiger partial charge in [0.25, 0.3) is 0 Å². The van der Waals surface area contributed by atoms with Crippen LogP contribution in [0.25, 0.3) is 0 Å². The molecule has 1 heterocycles. The number of nitrogens with zero attached hydrogens (tertiary/aromatic N) is 1. The molecule has 3 unspecified atom stereocenters. The van der Waals surface area contributed by atoms with Crippen molar-refractivity contribution in [2.75, 3.05) is 26.4 Å². The van der Waals surface area contributed by atoms with Crippen LogP contribution in [0.3, 0.4) is 0 Å². The number of hydrogen-bond acceptors (Lipinski definition) is 4. The molecule has 0 saturated carbocycles. The zero-order valence-electron chi connectivity index (χ0n) is 11.7. The molecule has 0 aromatic heterocycles. The molecular weight excluding hydrogens is 232 g/mol. The molecule has 1 aliphatic rings. The number of carbonyl (C=O) groups is 1. The summed E-state index contributed by atoms with van der Waals surface area (Å²) in [6, 6.07) is -0.0788. The van der Waals surface area contributed by atoms with Gasteiger partial charge in [0.05, 0.1) is 31.9 Å². The van der Waals surface area contributed by atoms with E-state index in [0.717, 1.165) is 12.8 Å². The van der Waals surface area contributed by atoms with E-state index in [9.17, 15) is 9.90 Å². The van der Waals surface area contributed by atoms with E-state index in [-0.39, 0.29) is 30.6 Å². The number of aliphatic hydroxyl groups is 1. The monoisotopic (exact) mass is 258 g/mol. The molecule has 2 N–H and O–H groups in total. The molecule has 106 valence electrons. The van der Waals surface area contributed by atoms with Crippen molar-refractivity contribution in [1.82, 2.24) is 10.2 Å². The van der Waals surface area contributed by atoms with Crippen LogP contribution in [0.15, 0.2) is 0 Å². The van der Waals surface area contributed by atoms with Gasteiger partial charge in [-0.25, -0.2) is 0 Å². The lowest BCUT2D eigenvalue weighted by atomic mass is 10.1. The third kappa shape index (κ3) is 4.23. The smallest absolute Gasteiger partial charge is 0.237 e. The minimum absolute atomic E-state index is 0.0299. The lowest BCUT2D eigenvalue weighted by Crippen LogP contribution is -2.56. The number of amides is 1. The Bertz CT molecular complexity index is 261. The van der Waals surface area contributed by atoms with Crippen LogP contribution in [0.1, 0.15) is 33.6 Å². The Labute approximate surface area is 109 Å². The van der Waals surface area contributed by atoms with E-state index < -0.39 is 0 Å². The molecule has 1 aliphatic heterocycles. The summed E-state index contributed by atoms with van der Waals surface area (Å²) < 4.78 is 5.32. The molecule has 0 bridgehead atoms. The quantitative estimate of drug-likeness (QED) is 0.723. The van der Waals surface area contributed by atoms with Crippen molar-refractivity contribution in [2.24, 2.45) is 0 Å². The fraction of sp³-hybridized carbons (Fsp3) is 0.923. The molecule has 0 radical (unpaired) electrons. The van der Waals surface area contributed by atoms with Crippen LogP contribution in [-0.2, 0) is 9.53 Å². The summed E-state index contributed by atoms with van der Waals surface area (Å²) >= 11 is 0. The van der Waals surface area contributed by atoms with Crippen molar-refractivity contribution in [3.8, 4) is 0 Å². The molecular formula is C13H26N2O3. The van der Waals surface area contributed by atoms with E-state index in [0.29, 0.717) is 19.8 Å². The van der Waals surface area contributed by atoms with Crippen molar-refractivity contribution >= 4 is 5.91 Å². The molecule has 18 heavy (non-hydrogen) atoms. The van der Waals surface area contributed by atoms with Crippen LogP contribution in [-0.4, -0.2) is 60.4 Å². The highest BCUT2D eigenvalue weighted by Crippen LogP contribution is 2.11. The Morgan fingerprint density at radius 3 is 2.89 bits per heavy atom. The van der Waals surface area contributed by atoms with Crippen LogP contribution in [0.5, 0.6) is 0 Å². The Hall–Kier alpha value is -0.650. The number of nitrogens with one attached hydrogen (secondary N) is 1. The van der Waals surface area contributed by atoms with Crippen molar-refractivity contribution < 1.29 is 14.6 Å². The molecule has 3 atom stereocenters. The highest BCUT2D eigenvalue weighted by molar-refractivity contribution is 5.81. The second kappa shape index (κ2) is 7.71. The number of morpholine rings is 1. The number of carbonyl (C=O) groups excluding carboxylic acids is 1. The van der Waals surface area contributed by atoms with Gasteiger partial charge >= 0.3 is 0 Å². The van der Waals surface area contributed by atoms with Crippen LogP contribution in [0.4, 0.5) is 0 Å². The van der Waals surface area contributed by atoms with Gasteiger partial charge in [0.1, 0.15) is 0 Å². The van der Waals surface area contributed by atoms with Crippen LogP contribution < -0.4 is 5.32 Å². The number of ether oxygens (including phenoxy) is 1. The summed E-state index contributed by atoms with van der Waals surface area (Å²) in [6.07, 6.45) is 2.05. The molecule has 0 spiro atoms. The average molecular weight is 258 g/mol. The van der Waals surface area contributed by atoms with E-state index in [1.54, 1.807) is 0 Å². The summed E-state index contributed by atoms with van der Waals surface area (Å²) in [4.78, 5) is 14.1. The maximum absolute atomic E-state index is 12.1. The maximum atomic E-state index is 12.1. The van der Waals surface area contributed by atoms with Gasteiger partial charge in [0.2, 0.25) is 5.91 Å². The Kier molecular flexibility index (Phi) is 6.60. The summed E-state index contributed by atoms with van der Waals surface area (Å²) in [7, 11) is 0. The second-order valence-corrected chi connectivity index (χ2v) is 5.02. The highest BCUT2D eigenvalue weighted by atomic mass is 16.5. The van der Waals surface area contributed by atoms with Crippen LogP contribution in [0, 0.1) is 0 Å². The molecule has 1 saturated heterocycles. The van der Waals surface area contributed by atoms with Gasteiger partial charge in [-0.2, -0.15) is 0 Å². The summed E-state index contributed by atoms with van der Waals surface area (Å²) in [5.74, 6) is 0.0382. The fourth-order valence-corrected chi connectivity index (χ4v) is 2.35. The van der Waals surface area contributed by atoms with E-state index in [2.05, 4.69) is 12.2 Å². The van der Waals surface area contributed by atoms with Crippen LogP contribution >= 0.6 is 0 Å². The topological polar surface area (TPSA) is 61.8 Å². The minimum Gasteiger partial charge on any atom is -0.395 e. The molecule has 1 amide bonds. The summed E-state index contributed by atoms with van der Waals surface area (Å²) in [5, 5.41) is 12.3. The Balaban J connectivity index is 2.50. The summed E-state index contributed by atoms with van der Waals surface area (Å²) in [5.41, 5.74) is 0. The zero-order valence-corrected chi connectivity index (χ0v) is 11.7. The first-order valence-electron chi connectivity index (χ1n) is 6.84. The fourth-order valence-electron chi connectivity index (χ4n) is 2.35. The number of rotatable bonds is 6. The first-order chi connectivity index (χ1) is 8.60. The van der Waals surface area contributed by atoms with E-state index in [4.69, 9.17) is 4.74 Å². The third-order valence-electron chi connectivity index (χ3n) is 3.47. The van der Waals surface area contributed by atoms with Crippen molar-refractivity contribution in [2.45, 2.75) is 51.7 Å². The van der Waals surface area contributed by atoms with E-state index >= 15 is 0 Å². The lowest BCUT2D eigenvalue weighted by Gasteiger charge is -2.38. The molecule has 5 nitrogen and oxygen atoms in total. The minimum atomic E-state index is -0.217. The van der Waals surface area contributed by atoms with Crippen molar-refractivity contribution in [1.29, 1.82) is 0 Å². The predicted molar refractivity (Wildman–Crippen MR) is 70.4 cm³/mol. The first-order valence-corrected chi connectivity index (χ1v) is 6.84. The predicted octanol–water partition coefficient (Wildman–Crippen LogP) is 0.373. The Morgan fingerprint density at radius 1 is 1.56 bits per heavy atom. The molecule has 1 rings (SSSR count). The zero-order chi connectivity index (χ0) is 13.5. The van der Waals surface area contributed by atoms with Crippen molar-refractivity contribution in [3.05, 3.63) is 0 Å². The second-order valence-electron chi connectivity index (χ2n) is 5.02. The van der Waals surface area contributed by atoms with Gasteiger partial charge in [0, 0.05) is 12.6 Å². The molecule has 0 aliphatic carbocycles. The number of aliphatic hydroxyl groups excluding tert-OH is 1. The normalized spacial score (nSPS) is 24.6. The van der Waals surface area contributed by atoms with Gasteiger partial charge in [-0.3, -0.25) is 9.69 Å². The standard InChI is InChI=1S/C13H26N2O3/c1-4-5-10(2)14-13(17)11(3)15-6-7-18-9-12(15)8-16/h10-12,16H,4-9H2,1-3H3,(H,14,17). The Morgan fingerprint density at radius 2 is 2.28 bits per heavy atom. The summed E-state index contributed by atoms with van der Waals surface area (Å²) in [6.45, 7) is 7.87. The third-order valence-corrected chi connectivity index (χ3v) is 3.47. The molecule has 0 aromatic rings. The van der Waals surface area contributed by atoms with Gasteiger partial charge in [-0.15, -0.1) is 0 Å². The number of hydrogen-bond donors (Lipinski definition) is 2. The van der Waals surface area contributed by atoms with Gasteiger partial charge in [0.15, 0.2) is 0 Å². The van der Waals surface area contributed by atoms with Gasteiger partial charge in [-0.1, -0.05) is 13.3 Å². The van der Waals surface area contributed by atoms with Gasteiger partial charge in [-0.05, 0) is 20.3 Å². The lowest BCUT2D eigenvalue weighted by molar-refractivity contribution is -0.131. The average Bonchev–Trinajstić information content (AvgIpc) is 2.38. The SMILES string of the molecule is CCCC(C)NC(=O)C(C)N1CCOCC1CO. The largest absolute Gasteiger partial charge is 0.395 e. The van der Waals surface area contributed by atoms with E-state index in [1.807, 2.05) is 18.7 Å². The highest BCUT2D eigenvalue weighted by Gasteiger charge is 2.30. The molecule has 1 fully saturated rings. The van der Waals surface area contributed by atoms with E-state index in [1.165, 1.54) is 0 Å². The molecule has 5 heteroatoms. The van der Waals surface area contributed by atoms with Crippen LogP contribution in [0.2, 0.25) is 0 Å². The van der Waals surface area contributed by atoms with Crippen molar-refractivity contribution in [3.63, 3.8) is 0 Å². The van der Waals surface area contributed by atoms with Gasteiger partial charge < -0.3 is 15.2 Å².